The van der Waals surface area contributed by atoms with Crippen molar-refractivity contribution in [1.29, 1.82) is 5.26 Å². The molecule has 4 rings (SSSR count). The Kier molecular flexibility index (Phi) is 4.55. The third kappa shape index (κ3) is 3.12. The van der Waals surface area contributed by atoms with Gasteiger partial charge in [0.05, 0.1) is 16.7 Å². The maximum Gasteiger partial charge on any atom is 0.131 e. The summed E-state index contributed by atoms with van der Waals surface area (Å²) in [6, 6.07) is 2.89. The Morgan fingerprint density at radius 3 is 2.65 bits per heavy atom. The molecule has 1 saturated heterocycles. The molecule has 3 fully saturated rings. The van der Waals surface area contributed by atoms with Gasteiger partial charge >= 0.3 is 0 Å². The van der Waals surface area contributed by atoms with E-state index >= 15 is 0 Å². The molecule has 126 valence electrons. The highest BCUT2D eigenvalue weighted by Crippen LogP contribution is 2.40. The maximum absolute atomic E-state index is 9.59. The molecule has 5 nitrogen and oxygen atoms in total. The van der Waals surface area contributed by atoms with Gasteiger partial charge in [0.15, 0.2) is 0 Å². The summed E-state index contributed by atoms with van der Waals surface area (Å²) in [6.45, 7) is 0. The smallest absolute Gasteiger partial charge is 0.131 e. The Labute approximate surface area is 142 Å². The lowest BCUT2D eigenvalue weighted by Crippen LogP contribution is -2.63. The molecule has 3 atom stereocenters. The fourth-order valence-electron chi connectivity index (χ4n) is 4.15. The second-order valence-corrected chi connectivity index (χ2v) is 7.99. The molecule has 6 heteroatoms. The van der Waals surface area contributed by atoms with Crippen molar-refractivity contribution in [2.75, 3.05) is 6.26 Å². The van der Waals surface area contributed by atoms with E-state index in [2.05, 4.69) is 21.8 Å². The minimum absolute atomic E-state index is 0.0320. The van der Waals surface area contributed by atoms with E-state index < -0.39 is 0 Å². The third-order valence-electron chi connectivity index (χ3n) is 5.58. The molecular weight excluding hydrogens is 308 g/mol. The van der Waals surface area contributed by atoms with Gasteiger partial charge in [0.2, 0.25) is 0 Å². The number of nitrogens with one attached hydrogen (secondary N) is 2. The fourth-order valence-corrected chi connectivity index (χ4v) is 4.72. The Morgan fingerprint density at radius 1 is 1.22 bits per heavy atom. The number of hydrazine groups is 1. The van der Waals surface area contributed by atoms with Gasteiger partial charge in [-0.1, -0.05) is 19.3 Å². The number of thioether (sulfide) groups is 1. The normalized spacial score (nSPS) is 35.7. The molecule has 23 heavy (non-hydrogen) atoms. The minimum atomic E-state index is -0.0320. The number of hydrogen-bond donors (Lipinski definition) is 2. The zero-order valence-electron chi connectivity index (χ0n) is 13.8. The summed E-state index contributed by atoms with van der Waals surface area (Å²) in [5.74, 6) is 0.771. The second-order valence-electron chi connectivity index (χ2n) is 7.18. The van der Waals surface area contributed by atoms with Gasteiger partial charge in [0.25, 0.3) is 0 Å². The van der Waals surface area contributed by atoms with Crippen molar-refractivity contribution < 1.29 is 4.74 Å². The molecule has 0 radical (unpaired) electrons. The monoisotopic (exact) mass is 334 g/mol. The molecule has 0 aromatic carbocycles. The van der Waals surface area contributed by atoms with E-state index in [0.29, 0.717) is 12.1 Å². The van der Waals surface area contributed by atoms with Crippen molar-refractivity contribution in [3.8, 4) is 6.07 Å². The van der Waals surface area contributed by atoms with Gasteiger partial charge in [-0.05, 0) is 37.9 Å². The fraction of sp³-hybridized carbons (Fsp3) is 0.824. The first-order valence-electron chi connectivity index (χ1n) is 8.95. The van der Waals surface area contributed by atoms with E-state index in [9.17, 15) is 5.26 Å². The summed E-state index contributed by atoms with van der Waals surface area (Å²) < 4.78 is 6.52. The van der Waals surface area contributed by atoms with Gasteiger partial charge in [-0.3, -0.25) is 5.32 Å². The summed E-state index contributed by atoms with van der Waals surface area (Å²) in [5, 5.41) is 16.4. The van der Waals surface area contributed by atoms with Crippen LogP contribution >= 0.6 is 11.8 Å². The topological polar surface area (TPSA) is 60.3 Å². The number of rotatable bonds is 4. The summed E-state index contributed by atoms with van der Waals surface area (Å²) in [7, 11) is 0. The van der Waals surface area contributed by atoms with Gasteiger partial charge in [-0.25, -0.2) is 0 Å². The van der Waals surface area contributed by atoms with Crippen molar-refractivity contribution >= 4 is 11.8 Å². The van der Waals surface area contributed by atoms with Crippen molar-refractivity contribution in [3.63, 3.8) is 0 Å². The molecule has 0 aromatic heterocycles. The van der Waals surface area contributed by atoms with Crippen LogP contribution in [0.25, 0.3) is 0 Å². The molecular formula is C17H26N4OS. The van der Waals surface area contributed by atoms with E-state index in [4.69, 9.17) is 4.74 Å². The van der Waals surface area contributed by atoms with E-state index in [0.717, 1.165) is 22.9 Å². The molecule has 2 N–H and O–H groups in total. The van der Waals surface area contributed by atoms with Crippen LogP contribution in [-0.4, -0.2) is 35.8 Å². The average Bonchev–Trinajstić information content (AvgIpc) is 3.36. The lowest BCUT2D eigenvalue weighted by Gasteiger charge is -2.43. The number of nitrogens with zero attached hydrogens (tertiary/aromatic N) is 2. The first-order chi connectivity index (χ1) is 11.3. The van der Waals surface area contributed by atoms with Crippen LogP contribution in [0.5, 0.6) is 0 Å². The summed E-state index contributed by atoms with van der Waals surface area (Å²) in [4.78, 5) is 0. The highest BCUT2D eigenvalue weighted by Gasteiger charge is 2.47. The van der Waals surface area contributed by atoms with Crippen molar-refractivity contribution in [2.45, 2.75) is 75.9 Å². The Bertz CT molecular complexity index is 521. The number of fused-ring (bicyclic) bond motifs is 1. The van der Waals surface area contributed by atoms with E-state index in [-0.39, 0.29) is 12.4 Å². The first-order valence-corrected chi connectivity index (χ1v) is 10.2. The largest absolute Gasteiger partial charge is 0.358 e. The van der Waals surface area contributed by atoms with Crippen LogP contribution in [0.3, 0.4) is 0 Å². The molecule has 0 spiro atoms. The molecule has 0 aromatic rings. The molecule has 2 aliphatic heterocycles. The van der Waals surface area contributed by atoms with Gasteiger partial charge in [-0.15, -0.1) is 11.8 Å². The van der Waals surface area contributed by atoms with Gasteiger partial charge < -0.3 is 10.2 Å². The standard InChI is InChI=1S/C17H26N4OS/c1-23-17-13(10-18)16-19-14(11-7-8-11)9-15(21(16)20-17)22-12-5-3-2-4-6-12/h11-12,14-16,19-20H,2-9H2,1H3. The molecule has 2 saturated carbocycles. The lowest BCUT2D eigenvalue weighted by atomic mass is 9.97. The number of ether oxygens (including phenoxy) is 1. The quantitative estimate of drug-likeness (QED) is 0.824. The van der Waals surface area contributed by atoms with Gasteiger partial charge in [-0.2, -0.15) is 10.3 Å². The Hall–Kier alpha value is -0.740. The predicted molar refractivity (Wildman–Crippen MR) is 90.9 cm³/mol. The summed E-state index contributed by atoms with van der Waals surface area (Å²) >= 11 is 1.61. The van der Waals surface area contributed by atoms with Crippen LogP contribution < -0.4 is 10.7 Å². The maximum atomic E-state index is 9.59. The summed E-state index contributed by atoms with van der Waals surface area (Å²) in [5.41, 5.74) is 4.25. The second kappa shape index (κ2) is 6.64. The molecule has 4 aliphatic rings. The van der Waals surface area contributed by atoms with Crippen LogP contribution in [0.4, 0.5) is 0 Å². The van der Waals surface area contributed by atoms with Crippen molar-refractivity contribution in [3.05, 3.63) is 10.6 Å². The van der Waals surface area contributed by atoms with E-state index in [1.807, 2.05) is 6.26 Å². The van der Waals surface area contributed by atoms with Gasteiger partial charge in [0, 0.05) is 12.5 Å². The summed E-state index contributed by atoms with van der Waals surface area (Å²) in [6.07, 6.45) is 12.4. The van der Waals surface area contributed by atoms with Crippen LogP contribution in [0.2, 0.25) is 0 Å². The first kappa shape index (κ1) is 15.8. The van der Waals surface area contributed by atoms with Crippen LogP contribution in [0.1, 0.15) is 51.4 Å². The van der Waals surface area contributed by atoms with Crippen molar-refractivity contribution in [2.24, 2.45) is 5.92 Å². The molecule has 0 amide bonds. The van der Waals surface area contributed by atoms with E-state index in [1.54, 1.807) is 11.8 Å². The Balaban J connectivity index is 1.52. The van der Waals surface area contributed by atoms with Gasteiger partial charge in [0.1, 0.15) is 18.5 Å². The average molecular weight is 334 g/mol. The molecule has 2 heterocycles. The minimum Gasteiger partial charge on any atom is -0.358 e. The highest BCUT2D eigenvalue weighted by molar-refractivity contribution is 8.02. The SMILES string of the molecule is CSC1=C(C#N)C2NC(C3CC3)CC(OC3CCCCC3)N2N1. The van der Waals surface area contributed by atoms with Crippen molar-refractivity contribution in [1.82, 2.24) is 15.8 Å². The number of hydrogen-bond acceptors (Lipinski definition) is 6. The predicted octanol–water partition coefficient (Wildman–Crippen LogP) is 2.68. The van der Waals surface area contributed by atoms with Crippen LogP contribution in [0.15, 0.2) is 10.6 Å². The zero-order valence-corrected chi connectivity index (χ0v) is 14.6. The Morgan fingerprint density at radius 2 is 2.00 bits per heavy atom. The molecule has 3 unspecified atom stereocenters. The molecule has 0 bridgehead atoms. The third-order valence-corrected chi connectivity index (χ3v) is 6.30. The number of nitriles is 1. The zero-order chi connectivity index (χ0) is 15.8. The van der Waals surface area contributed by atoms with Crippen LogP contribution in [0, 0.1) is 17.2 Å². The van der Waals surface area contributed by atoms with Crippen LogP contribution in [-0.2, 0) is 4.74 Å². The van der Waals surface area contributed by atoms with E-state index in [1.165, 1.54) is 44.9 Å². The lowest BCUT2D eigenvalue weighted by molar-refractivity contribution is -0.157. The highest BCUT2D eigenvalue weighted by atomic mass is 32.2. The molecule has 2 aliphatic carbocycles.